The molecule has 240 valence electrons. The first kappa shape index (κ1) is 31.7. The highest BCUT2D eigenvalue weighted by molar-refractivity contribution is 5.88. The second kappa shape index (κ2) is 12.3. The first-order chi connectivity index (χ1) is 20.9. The number of aromatic hydroxyl groups is 3. The number of hydrogen-bond donors (Lipinski definition) is 11. The van der Waals surface area contributed by atoms with Gasteiger partial charge >= 0.3 is 0 Å². The molecule has 44 heavy (non-hydrogen) atoms. The van der Waals surface area contributed by atoms with Gasteiger partial charge in [0.1, 0.15) is 71.3 Å². The van der Waals surface area contributed by atoms with Gasteiger partial charge in [0.15, 0.2) is 17.3 Å². The van der Waals surface area contributed by atoms with E-state index in [1.54, 1.807) is 0 Å². The molecule has 3 aromatic rings. The van der Waals surface area contributed by atoms with Crippen molar-refractivity contribution < 1.29 is 79.5 Å². The van der Waals surface area contributed by atoms with Gasteiger partial charge in [-0.15, -0.1) is 0 Å². The molecule has 10 atom stereocenters. The largest absolute Gasteiger partial charge is 0.508 e. The van der Waals surface area contributed by atoms with Crippen molar-refractivity contribution in [1.82, 2.24) is 0 Å². The molecule has 0 aliphatic carbocycles. The van der Waals surface area contributed by atoms with Crippen LogP contribution in [0.1, 0.15) is 0 Å². The van der Waals surface area contributed by atoms with Gasteiger partial charge in [-0.25, -0.2) is 0 Å². The quantitative estimate of drug-likeness (QED) is 0.116. The third-order valence-corrected chi connectivity index (χ3v) is 7.31. The van der Waals surface area contributed by atoms with Crippen LogP contribution in [0.4, 0.5) is 0 Å². The van der Waals surface area contributed by atoms with Gasteiger partial charge in [-0.05, 0) is 18.2 Å². The maximum Gasteiger partial charge on any atom is 0.239 e. The van der Waals surface area contributed by atoms with Crippen molar-refractivity contribution in [1.29, 1.82) is 0 Å². The minimum atomic E-state index is -1.96. The molecular weight excluding hydrogens is 596 g/mol. The van der Waals surface area contributed by atoms with Crippen LogP contribution in [0, 0.1) is 0 Å². The lowest BCUT2D eigenvalue weighted by Gasteiger charge is -2.39. The SMILES string of the molecule is O=c1c(O[C@H]2O[C@@H](CO)[C@H](O)[C@@H](O)[C@@H]2O)c(-c2ccc(O)c(O)c2)oc2cc(O)cc(O[C@H]3O[C@H](CO)[C@H](O)[C@@H](O)[C@@H]3O)c12. The van der Waals surface area contributed by atoms with Crippen molar-refractivity contribution in [3.63, 3.8) is 0 Å². The number of aliphatic hydroxyl groups excluding tert-OH is 8. The monoisotopic (exact) mass is 626 g/mol. The standard InChI is InChI=1S/C27H30O17/c28-6-14-17(33)20(36)22(38)26(42-14)41-13-5-9(30)4-12-16(13)19(35)25(24(40-12)8-1-2-10(31)11(32)3-8)44-27-23(39)21(37)18(34)15(7-29)43-27/h1-5,14-15,17-18,20-23,26-34,36-39H,6-7H2/t14-,15+,17+,18+,20-,21-,22+,23+,26+,27-/m1/s1. The molecule has 2 aliphatic heterocycles. The van der Waals surface area contributed by atoms with Crippen LogP contribution in [0.3, 0.4) is 0 Å². The predicted molar refractivity (Wildman–Crippen MR) is 142 cm³/mol. The Labute approximate surface area is 246 Å². The Morgan fingerprint density at radius 1 is 0.682 bits per heavy atom. The van der Waals surface area contributed by atoms with Crippen molar-refractivity contribution in [2.75, 3.05) is 13.2 Å². The normalized spacial score (nSPS) is 32.5. The summed E-state index contributed by atoms with van der Waals surface area (Å²) < 4.78 is 27.8. The topological polar surface area (TPSA) is 290 Å². The molecule has 3 heterocycles. The van der Waals surface area contributed by atoms with Crippen LogP contribution < -0.4 is 14.9 Å². The van der Waals surface area contributed by atoms with Gasteiger partial charge in [-0.3, -0.25) is 4.79 Å². The van der Waals surface area contributed by atoms with Crippen LogP contribution >= 0.6 is 0 Å². The summed E-state index contributed by atoms with van der Waals surface area (Å²) in [5.74, 6) is -3.37. The molecule has 0 radical (unpaired) electrons. The first-order valence-corrected chi connectivity index (χ1v) is 13.2. The molecule has 17 nitrogen and oxygen atoms in total. The Morgan fingerprint density at radius 3 is 1.80 bits per heavy atom. The lowest BCUT2D eigenvalue weighted by atomic mass is 9.99. The van der Waals surface area contributed by atoms with Crippen LogP contribution in [0.25, 0.3) is 22.3 Å². The van der Waals surface area contributed by atoms with Crippen molar-refractivity contribution >= 4 is 11.0 Å². The highest BCUT2D eigenvalue weighted by Crippen LogP contribution is 2.40. The van der Waals surface area contributed by atoms with Crippen molar-refractivity contribution in [2.24, 2.45) is 0 Å². The molecule has 0 amide bonds. The number of phenolic OH excluding ortho intramolecular Hbond substituents is 3. The number of fused-ring (bicyclic) bond motifs is 1. The van der Waals surface area contributed by atoms with Gasteiger partial charge in [0.25, 0.3) is 0 Å². The summed E-state index contributed by atoms with van der Waals surface area (Å²) >= 11 is 0. The molecular formula is C27H30O17. The van der Waals surface area contributed by atoms with Gasteiger partial charge in [0, 0.05) is 17.7 Å². The molecule has 0 bridgehead atoms. The van der Waals surface area contributed by atoms with Gasteiger partial charge < -0.3 is 79.5 Å². The Balaban J connectivity index is 1.66. The summed E-state index contributed by atoms with van der Waals surface area (Å²) in [5.41, 5.74) is -1.51. The molecule has 17 heteroatoms. The maximum absolute atomic E-state index is 14.1. The Hall–Kier alpha value is -3.75. The van der Waals surface area contributed by atoms with Crippen LogP contribution in [0.15, 0.2) is 39.5 Å². The molecule has 2 fully saturated rings. The van der Waals surface area contributed by atoms with Crippen LogP contribution in [0.2, 0.25) is 0 Å². The second-order valence-electron chi connectivity index (χ2n) is 10.2. The fraction of sp³-hybridized carbons (Fsp3) is 0.444. The van der Waals surface area contributed by atoms with Gasteiger partial charge in [-0.2, -0.15) is 0 Å². The number of aliphatic hydroxyl groups is 8. The number of phenols is 3. The Bertz CT molecular complexity index is 1550. The lowest BCUT2D eigenvalue weighted by molar-refractivity contribution is -0.277. The zero-order valence-electron chi connectivity index (χ0n) is 22.4. The Morgan fingerprint density at radius 2 is 1.25 bits per heavy atom. The second-order valence-corrected chi connectivity index (χ2v) is 10.2. The van der Waals surface area contributed by atoms with Gasteiger partial charge in [-0.1, -0.05) is 0 Å². The Kier molecular flexibility index (Phi) is 8.87. The smallest absolute Gasteiger partial charge is 0.239 e. The third-order valence-electron chi connectivity index (χ3n) is 7.31. The maximum atomic E-state index is 14.1. The van der Waals surface area contributed by atoms with E-state index in [0.29, 0.717) is 0 Å². The van der Waals surface area contributed by atoms with E-state index in [-0.39, 0.29) is 11.1 Å². The molecule has 0 saturated carbocycles. The molecule has 5 rings (SSSR count). The van der Waals surface area contributed by atoms with Gasteiger partial charge in [0.05, 0.1) is 13.2 Å². The number of rotatable bonds is 7. The molecule has 0 spiro atoms. The van der Waals surface area contributed by atoms with E-state index in [2.05, 4.69) is 0 Å². The zero-order valence-corrected chi connectivity index (χ0v) is 22.4. The number of ether oxygens (including phenoxy) is 4. The average molecular weight is 627 g/mol. The minimum Gasteiger partial charge on any atom is -0.508 e. The van der Waals surface area contributed by atoms with Crippen LogP contribution in [-0.2, 0) is 9.47 Å². The average Bonchev–Trinajstić information content (AvgIpc) is 2.99. The van der Waals surface area contributed by atoms with Crippen molar-refractivity contribution in [3.8, 4) is 40.1 Å². The van der Waals surface area contributed by atoms with E-state index in [0.717, 1.165) is 24.3 Å². The predicted octanol–water partition coefficient (Wildman–Crippen LogP) is -3.07. The zero-order chi connectivity index (χ0) is 32.0. The molecule has 0 unspecified atom stereocenters. The minimum absolute atomic E-state index is 0.0707. The van der Waals surface area contributed by atoms with E-state index in [4.69, 9.17) is 23.4 Å². The summed E-state index contributed by atoms with van der Waals surface area (Å²) in [4.78, 5) is 14.1. The summed E-state index contributed by atoms with van der Waals surface area (Å²) in [6.45, 7) is -1.60. The van der Waals surface area contributed by atoms with E-state index in [1.807, 2.05) is 0 Å². The van der Waals surface area contributed by atoms with Crippen LogP contribution in [-0.4, -0.2) is 131 Å². The summed E-state index contributed by atoms with van der Waals surface area (Å²) in [6, 6.07) is 5.19. The fourth-order valence-corrected chi connectivity index (χ4v) is 4.88. The number of benzene rings is 2. The fourth-order valence-electron chi connectivity index (χ4n) is 4.88. The summed E-state index contributed by atoms with van der Waals surface area (Å²) in [6.07, 6.45) is -17.5. The lowest BCUT2D eigenvalue weighted by Crippen LogP contribution is -2.60. The highest BCUT2D eigenvalue weighted by Gasteiger charge is 2.46. The van der Waals surface area contributed by atoms with Gasteiger partial charge in [0.2, 0.25) is 23.8 Å². The molecule has 11 N–H and O–H groups in total. The molecule has 2 aromatic carbocycles. The van der Waals surface area contributed by atoms with Crippen LogP contribution in [0.5, 0.6) is 28.7 Å². The van der Waals surface area contributed by atoms with E-state index in [9.17, 15) is 61.0 Å². The summed E-state index contributed by atoms with van der Waals surface area (Å²) in [5, 5.41) is 110. The van der Waals surface area contributed by atoms with E-state index in [1.165, 1.54) is 6.07 Å². The van der Waals surface area contributed by atoms with E-state index >= 15 is 0 Å². The highest BCUT2D eigenvalue weighted by atomic mass is 16.7. The number of hydrogen-bond acceptors (Lipinski definition) is 17. The first-order valence-electron chi connectivity index (χ1n) is 13.2. The van der Waals surface area contributed by atoms with E-state index < -0.39 is 120 Å². The molecule has 2 saturated heterocycles. The molecule has 1 aromatic heterocycles. The van der Waals surface area contributed by atoms with Crippen molar-refractivity contribution in [2.45, 2.75) is 61.4 Å². The summed E-state index contributed by atoms with van der Waals surface area (Å²) in [7, 11) is 0. The third kappa shape index (κ3) is 5.61. The molecule has 2 aliphatic rings. The van der Waals surface area contributed by atoms with Crippen molar-refractivity contribution in [3.05, 3.63) is 40.6 Å².